The first-order valence-corrected chi connectivity index (χ1v) is 10.1. The number of hydrogen-bond donors (Lipinski definition) is 0. The van der Waals surface area contributed by atoms with E-state index in [0.717, 1.165) is 16.8 Å². The molecule has 0 unspecified atom stereocenters. The quantitative estimate of drug-likeness (QED) is 0.507. The van der Waals surface area contributed by atoms with Crippen molar-refractivity contribution in [3.8, 4) is 11.4 Å². The average molecular weight is 412 g/mol. The molecule has 2 atom stereocenters. The summed E-state index contributed by atoms with van der Waals surface area (Å²) in [6.07, 6.45) is 6.95. The van der Waals surface area contributed by atoms with Gasteiger partial charge in [0.25, 0.3) is 5.91 Å². The van der Waals surface area contributed by atoms with Crippen molar-refractivity contribution in [1.82, 2.24) is 30.0 Å². The van der Waals surface area contributed by atoms with Crippen molar-refractivity contribution in [3.05, 3.63) is 90.1 Å². The summed E-state index contributed by atoms with van der Waals surface area (Å²) in [5.74, 6) is 0.767. The number of carbonyl (C=O) groups excluding carboxylic acids is 1. The Balaban J connectivity index is 1.47. The molecular formula is C23H20N6O2. The van der Waals surface area contributed by atoms with Crippen LogP contribution in [0.5, 0.6) is 0 Å². The highest BCUT2D eigenvalue weighted by molar-refractivity contribution is 5.92. The molecule has 0 bridgehead atoms. The van der Waals surface area contributed by atoms with E-state index in [2.05, 4.69) is 25.1 Å². The van der Waals surface area contributed by atoms with Gasteiger partial charge in [-0.2, -0.15) is 4.98 Å². The van der Waals surface area contributed by atoms with Gasteiger partial charge in [-0.1, -0.05) is 17.3 Å². The molecule has 8 nitrogen and oxygen atoms in total. The fourth-order valence-corrected chi connectivity index (χ4v) is 3.98. The van der Waals surface area contributed by atoms with Crippen LogP contribution in [0, 0.1) is 6.92 Å². The van der Waals surface area contributed by atoms with Crippen LogP contribution in [0.25, 0.3) is 11.4 Å². The van der Waals surface area contributed by atoms with Crippen molar-refractivity contribution in [2.45, 2.75) is 18.8 Å². The number of aromatic nitrogens is 5. The number of carbonyl (C=O) groups is 1. The van der Waals surface area contributed by atoms with Crippen molar-refractivity contribution >= 4 is 5.91 Å². The lowest BCUT2D eigenvalue weighted by atomic mass is 9.90. The molecule has 1 aliphatic rings. The molecule has 4 aromatic rings. The van der Waals surface area contributed by atoms with Crippen molar-refractivity contribution in [2.24, 2.45) is 0 Å². The van der Waals surface area contributed by atoms with Crippen molar-refractivity contribution < 1.29 is 9.32 Å². The molecule has 1 fully saturated rings. The molecule has 1 saturated heterocycles. The maximum Gasteiger partial charge on any atom is 0.272 e. The minimum absolute atomic E-state index is 0.00630. The second kappa shape index (κ2) is 8.06. The molecule has 5 rings (SSSR count). The van der Waals surface area contributed by atoms with Gasteiger partial charge in [0.1, 0.15) is 5.69 Å². The van der Waals surface area contributed by atoms with Crippen LogP contribution in [0.2, 0.25) is 0 Å². The number of nitrogens with zero attached hydrogens (tertiary/aromatic N) is 6. The van der Waals surface area contributed by atoms with Gasteiger partial charge < -0.3 is 9.42 Å². The van der Waals surface area contributed by atoms with E-state index in [1.165, 1.54) is 0 Å². The van der Waals surface area contributed by atoms with Crippen LogP contribution in [0.3, 0.4) is 0 Å². The summed E-state index contributed by atoms with van der Waals surface area (Å²) in [6.45, 7) is 2.87. The van der Waals surface area contributed by atoms with Crippen LogP contribution in [-0.4, -0.2) is 49.0 Å². The van der Waals surface area contributed by atoms with Gasteiger partial charge in [-0.25, -0.2) is 4.98 Å². The van der Waals surface area contributed by atoms with E-state index < -0.39 is 0 Å². The monoisotopic (exact) mass is 412 g/mol. The lowest BCUT2D eigenvalue weighted by Gasteiger charge is -2.16. The Morgan fingerprint density at radius 3 is 2.58 bits per heavy atom. The zero-order valence-electron chi connectivity index (χ0n) is 16.9. The lowest BCUT2D eigenvalue weighted by molar-refractivity contribution is 0.0782. The molecule has 0 aromatic carbocycles. The van der Waals surface area contributed by atoms with Gasteiger partial charge in [0.2, 0.25) is 11.7 Å². The zero-order chi connectivity index (χ0) is 21.2. The molecule has 1 aliphatic heterocycles. The zero-order valence-corrected chi connectivity index (χ0v) is 16.9. The highest BCUT2D eigenvalue weighted by Crippen LogP contribution is 2.39. The largest absolute Gasteiger partial charge is 0.339 e. The Kier molecular flexibility index (Phi) is 4.95. The van der Waals surface area contributed by atoms with E-state index in [9.17, 15) is 4.79 Å². The van der Waals surface area contributed by atoms with Crippen LogP contribution >= 0.6 is 0 Å². The number of pyridine rings is 3. The summed E-state index contributed by atoms with van der Waals surface area (Å²) in [4.78, 5) is 32.3. The van der Waals surface area contributed by atoms with E-state index in [-0.39, 0.29) is 17.7 Å². The van der Waals surface area contributed by atoms with Gasteiger partial charge in [-0.3, -0.25) is 14.8 Å². The maximum atomic E-state index is 13.2. The lowest BCUT2D eigenvalue weighted by Crippen LogP contribution is -2.29. The molecule has 0 saturated carbocycles. The second-order valence-electron chi connectivity index (χ2n) is 7.57. The molecule has 8 heteroatoms. The average Bonchev–Trinajstić information content (AvgIpc) is 3.47. The predicted molar refractivity (Wildman–Crippen MR) is 112 cm³/mol. The summed E-state index contributed by atoms with van der Waals surface area (Å²) in [5, 5.41) is 4.15. The van der Waals surface area contributed by atoms with Crippen molar-refractivity contribution in [3.63, 3.8) is 0 Å². The van der Waals surface area contributed by atoms with Crippen molar-refractivity contribution in [2.75, 3.05) is 13.1 Å². The number of hydrogen-bond acceptors (Lipinski definition) is 7. The first-order valence-electron chi connectivity index (χ1n) is 10.1. The fraction of sp³-hybridized carbons (Fsp3) is 0.217. The number of amides is 1. The molecule has 31 heavy (non-hydrogen) atoms. The normalized spacial score (nSPS) is 18.3. The predicted octanol–water partition coefficient (Wildman–Crippen LogP) is 3.25. The van der Waals surface area contributed by atoms with Gasteiger partial charge in [0, 0.05) is 55.1 Å². The standard InChI is InChI=1S/C23H20N6O2/c1-15-4-2-6-20(26-15)23(30)29-13-18(17-5-3-9-25-12-17)19(14-29)22-27-21(28-31-22)16-7-10-24-11-8-16/h2-12,18-19H,13-14H2,1H3/t18-,19+/m0/s1. The van der Waals surface area contributed by atoms with Gasteiger partial charge in [0.15, 0.2) is 0 Å². The highest BCUT2D eigenvalue weighted by Gasteiger charge is 2.41. The highest BCUT2D eigenvalue weighted by atomic mass is 16.5. The van der Waals surface area contributed by atoms with Gasteiger partial charge in [-0.05, 0) is 42.8 Å². The molecule has 1 amide bonds. The molecule has 5 heterocycles. The van der Waals surface area contributed by atoms with Gasteiger partial charge in [-0.15, -0.1) is 0 Å². The topological polar surface area (TPSA) is 97.9 Å². The molecule has 0 radical (unpaired) electrons. The van der Waals surface area contributed by atoms with Crippen LogP contribution in [0.15, 0.2) is 71.8 Å². The molecule has 0 aliphatic carbocycles. The fourth-order valence-electron chi connectivity index (χ4n) is 3.98. The van der Waals surface area contributed by atoms with E-state index in [4.69, 9.17) is 4.52 Å². The summed E-state index contributed by atoms with van der Waals surface area (Å²) >= 11 is 0. The Bertz CT molecular complexity index is 1190. The van der Waals surface area contributed by atoms with Crippen molar-refractivity contribution in [1.29, 1.82) is 0 Å². The smallest absolute Gasteiger partial charge is 0.272 e. The van der Waals surface area contributed by atoms with E-state index in [1.807, 2.05) is 49.5 Å². The Morgan fingerprint density at radius 2 is 1.81 bits per heavy atom. The van der Waals surface area contributed by atoms with E-state index in [1.54, 1.807) is 29.6 Å². The minimum Gasteiger partial charge on any atom is -0.339 e. The minimum atomic E-state index is -0.138. The molecule has 4 aromatic heterocycles. The van der Waals surface area contributed by atoms with E-state index >= 15 is 0 Å². The maximum absolute atomic E-state index is 13.2. The Labute approximate surface area is 179 Å². The number of aryl methyl sites for hydroxylation is 1. The molecular weight excluding hydrogens is 392 g/mol. The number of rotatable bonds is 4. The van der Waals surface area contributed by atoms with Crippen LogP contribution in [0.4, 0.5) is 0 Å². The van der Waals surface area contributed by atoms with Crippen LogP contribution in [0.1, 0.15) is 39.5 Å². The molecule has 0 N–H and O–H groups in total. The Hall–Kier alpha value is -3.94. The first-order chi connectivity index (χ1) is 15.2. The van der Waals surface area contributed by atoms with Crippen LogP contribution < -0.4 is 0 Å². The second-order valence-corrected chi connectivity index (χ2v) is 7.57. The first kappa shape index (κ1) is 19.0. The third-order valence-corrected chi connectivity index (χ3v) is 5.52. The summed E-state index contributed by atoms with van der Waals surface area (Å²) in [7, 11) is 0. The van der Waals surface area contributed by atoms with Gasteiger partial charge in [0.05, 0.1) is 5.92 Å². The molecule has 154 valence electrons. The van der Waals surface area contributed by atoms with Crippen LogP contribution in [-0.2, 0) is 0 Å². The summed E-state index contributed by atoms with van der Waals surface area (Å²) < 4.78 is 5.65. The van der Waals surface area contributed by atoms with Gasteiger partial charge >= 0.3 is 0 Å². The summed E-state index contributed by atoms with van der Waals surface area (Å²) in [5.41, 5.74) is 3.11. The number of likely N-dealkylation sites (tertiary alicyclic amines) is 1. The molecule has 0 spiro atoms. The third-order valence-electron chi connectivity index (χ3n) is 5.52. The SMILES string of the molecule is Cc1cccc(C(=O)N2C[C@@H](c3cccnc3)[C@H](c3nc(-c4ccncc4)no3)C2)n1. The summed E-state index contributed by atoms with van der Waals surface area (Å²) in [6, 6.07) is 13.1. The third kappa shape index (κ3) is 3.79. The van der Waals surface area contributed by atoms with E-state index in [0.29, 0.717) is 30.5 Å². The Morgan fingerprint density at radius 1 is 0.968 bits per heavy atom.